The van der Waals surface area contributed by atoms with E-state index in [1.165, 1.54) is 19.6 Å². The summed E-state index contributed by atoms with van der Waals surface area (Å²) < 4.78 is 87.3. The highest BCUT2D eigenvalue weighted by Crippen LogP contribution is 2.68. The Balaban J connectivity index is 1.87. The third kappa shape index (κ3) is 4.37. The second-order valence-electron chi connectivity index (χ2n) is 10.9. The summed E-state index contributed by atoms with van der Waals surface area (Å²) in [5.41, 5.74) is -4.79. The molecule has 3 rings (SSSR count). The van der Waals surface area contributed by atoms with Crippen LogP contribution in [0.1, 0.15) is 58.3 Å². The first-order valence-electron chi connectivity index (χ1n) is 11.0. The zero-order chi connectivity index (χ0) is 23.5. The second kappa shape index (κ2) is 7.60. The third-order valence-corrected chi connectivity index (χ3v) is 8.62. The molecule has 0 heterocycles. The molecular formula is C22H32F6O2Si. The number of alkyl halides is 6. The molecule has 3 fully saturated rings. The van der Waals surface area contributed by atoms with Crippen molar-refractivity contribution in [3.63, 3.8) is 0 Å². The minimum absolute atomic E-state index is 0.0210. The van der Waals surface area contributed by atoms with Gasteiger partial charge in [-0.05, 0) is 87.4 Å². The molecule has 2 nitrogen and oxygen atoms in total. The third-order valence-electron chi connectivity index (χ3n) is 7.68. The van der Waals surface area contributed by atoms with Crippen molar-refractivity contribution >= 4 is 14.1 Å². The monoisotopic (exact) mass is 470 g/mol. The summed E-state index contributed by atoms with van der Waals surface area (Å²) in [6.45, 7) is 6.04. The molecule has 3 atom stereocenters. The Labute approximate surface area is 180 Å². The van der Waals surface area contributed by atoms with Crippen LogP contribution in [0.15, 0.2) is 12.2 Å². The summed E-state index contributed by atoms with van der Waals surface area (Å²) in [5.74, 6) is 0.398. The topological polar surface area (TPSA) is 26.3 Å². The largest absolute Gasteiger partial charge is 0.429 e. The highest BCUT2D eigenvalue weighted by Gasteiger charge is 2.72. The Morgan fingerprint density at radius 1 is 1.03 bits per heavy atom. The Bertz CT molecular complexity index is 718. The predicted octanol–water partition coefficient (Wildman–Crippen LogP) is 7.21. The molecule has 0 aromatic rings. The summed E-state index contributed by atoms with van der Waals surface area (Å²) in [6, 6.07) is 0. The van der Waals surface area contributed by atoms with Crippen LogP contribution >= 0.6 is 0 Å². The van der Waals surface area contributed by atoms with Crippen LogP contribution in [0.3, 0.4) is 0 Å². The van der Waals surface area contributed by atoms with Gasteiger partial charge in [-0.2, -0.15) is 26.3 Å². The first-order chi connectivity index (χ1) is 14.0. The van der Waals surface area contributed by atoms with E-state index in [2.05, 4.69) is 6.92 Å². The quantitative estimate of drug-likeness (QED) is 0.233. The van der Waals surface area contributed by atoms with E-state index in [1.807, 2.05) is 0 Å². The normalized spacial score (nSPS) is 31.9. The highest BCUT2D eigenvalue weighted by molar-refractivity contribution is 6.69. The molecule has 178 valence electrons. The summed E-state index contributed by atoms with van der Waals surface area (Å²) in [6.07, 6.45) is -4.38. The van der Waals surface area contributed by atoms with E-state index in [4.69, 9.17) is 4.43 Å². The van der Waals surface area contributed by atoms with Crippen LogP contribution in [-0.4, -0.2) is 32.1 Å². The first-order valence-corrected chi connectivity index (χ1v) is 14.4. The van der Waals surface area contributed by atoms with Gasteiger partial charge < -0.3 is 4.43 Å². The fraction of sp³-hybridized carbons (Fsp3) is 0.864. The number of carbonyl (C=O) groups excluding carboxylic acids is 1. The van der Waals surface area contributed by atoms with E-state index in [-0.39, 0.29) is 40.9 Å². The van der Waals surface area contributed by atoms with Gasteiger partial charge in [-0.15, -0.1) is 0 Å². The minimum atomic E-state index is -5.61. The van der Waals surface area contributed by atoms with Gasteiger partial charge >= 0.3 is 12.4 Å². The van der Waals surface area contributed by atoms with E-state index in [9.17, 15) is 31.1 Å². The summed E-state index contributed by atoms with van der Waals surface area (Å²) >= 11 is 0. The molecule has 0 radical (unpaired) electrons. The van der Waals surface area contributed by atoms with E-state index < -0.39 is 26.3 Å². The van der Waals surface area contributed by atoms with Crippen LogP contribution in [0.2, 0.25) is 19.6 Å². The van der Waals surface area contributed by atoms with Crippen LogP contribution in [0, 0.1) is 22.7 Å². The van der Waals surface area contributed by atoms with Gasteiger partial charge in [0.1, 0.15) is 5.78 Å². The molecule has 0 amide bonds. The van der Waals surface area contributed by atoms with Gasteiger partial charge in [0.2, 0.25) is 0 Å². The lowest BCUT2D eigenvalue weighted by atomic mass is 9.60. The molecule has 3 saturated carbocycles. The number of Topliss-reactive ketones (excluding diaryl/α,β-unsaturated/α-hetero) is 1. The van der Waals surface area contributed by atoms with Crippen LogP contribution in [0.5, 0.6) is 0 Å². The van der Waals surface area contributed by atoms with Crippen molar-refractivity contribution in [2.24, 2.45) is 22.7 Å². The number of hydrogen-bond donors (Lipinski definition) is 0. The van der Waals surface area contributed by atoms with E-state index in [0.717, 1.165) is 44.6 Å². The van der Waals surface area contributed by atoms with E-state index in [0.29, 0.717) is 6.42 Å². The lowest BCUT2D eigenvalue weighted by Gasteiger charge is -2.43. The molecule has 0 bridgehead atoms. The highest BCUT2D eigenvalue weighted by atomic mass is 28.4. The maximum Gasteiger partial charge on any atom is 0.429 e. The van der Waals surface area contributed by atoms with E-state index in [1.54, 1.807) is 0 Å². The standard InChI is InChI=1S/C22H32F6O2Si/c1-18-10-5-7-16(29)15(18)8-9-17(18)19(13-14-19)11-6-12-20(21(23,24)25,22(26,27)28)30-31(2,3)4/h6,12,15,17H,5,7-11,13-14H2,1-4H3/b12-6-/t15?,17-,18-/m0/s1. The number of hydrogen-bond acceptors (Lipinski definition) is 2. The summed E-state index contributed by atoms with van der Waals surface area (Å²) in [4.78, 5) is 12.4. The van der Waals surface area contributed by atoms with Gasteiger partial charge in [-0.1, -0.05) is 13.0 Å². The molecule has 0 aromatic heterocycles. The molecule has 0 N–H and O–H groups in total. The smallest absolute Gasteiger partial charge is 0.394 e. The second-order valence-corrected chi connectivity index (χ2v) is 15.4. The summed E-state index contributed by atoms with van der Waals surface area (Å²) in [5, 5.41) is 0. The number of carbonyl (C=O) groups is 1. The minimum Gasteiger partial charge on any atom is -0.394 e. The molecule has 0 saturated heterocycles. The molecule has 3 aliphatic rings. The molecule has 3 aliphatic carbocycles. The molecule has 0 aromatic carbocycles. The maximum absolute atomic E-state index is 13.8. The van der Waals surface area contributed by atoms with Crippen LogP contribution in [-0.2, 0) is 9.22 Å². The van der Waals surface area contributed by atoms with Crippen molar-refractivity contribution in [2.75, 3.05) is 0 Å². The predicted molar refractivity (Wildman–Crippen MR) is 108 cm³/mol. The van der Waals surface area contributed by atoms with Crippen LogP contribution in [0.25, 0.3) is 0 Å². The van der Waals surface area contributed by atoms with Gasteiger partial charge in [-0.25, -0.2) is 0 Å². The Hall–Kier alpha value is -0.833. The van der Waals surface area contributed by atoms with Gasteiger partial charge in [0.25, 0.3) is 5.60 Å². The summed E-state index contributed by atoms with van der Waals surface area (Å²) in [7, 11) is -3.19. The number of ketones is 1. The fourth-order valence-corrected chi connectivity index (χ4v) is 7.50. The van der Waals surface area contributed by atoms with Gasteiger partial charge in [0.15, 0.2) is 8.32 Å². The van der Waals surface area contributed by atoms with Crippen molar-refractivity contribution in [3.8, 4) is 0 Å². The zero-order valence-corrected chi connectivity index (χ0v) is 19.6. The van der Waals surface area contributed by atoms with Gasteiger partial charge in [-0.3, -0.25) is 4.79 Å². The average molecular weight is 471 g/mol. The number of fused-ring (bicyclic) bond motifs is 1. The van der Waals surface area contributed by atoms with Crippen molar-refractivity contribution < 1.29 is 35.6 Å². The Morgan fingerprint density at radius 3 is 2.10 bits per heavy atom. The Morgan fingerprint density at radius 2 is 1.61 bits per heavy atom. The van der Waals surface area contributed by atoms with Crippen LogP contribution in [0.4, 0.5) is 26.3 Å². The fourth-order valence-electron chi connectivity index (χ4n) is 6.23. The zero-order valence-electron chi connectivity index (χ0n) is 18.6. The maximum atomic E-state index is 13.8. The molecule has 0 spiro atoms. The van der Waals surface area contributed by atoms with Gasteiger partial charge in [0, 0.05) is 12.3 Å². The SMILES string of the molecule is C[C@]12CCCC(=O)C1CC[C@@H]2C1(C/C=C\C(O[Si](C)(C)C)(C(F)(F)F)C(F)(F)F)CC1. The lowest BCUT2D eigenvalue weighted by Crippen LogP contribution is -2.61. The van der Waals surface area contributed by atoms with E-state index >= 15 is 0 Å². The van der Waals surface area contributed by atoms with Crippen LogP contribution < -0.4 is 0 Å². The Kier molecular flexibility index (Phi) is 6.08. The van der Waals surface area contributed by atoms with Crippen molar-refractivity contribution in [1.29, 1.82) is 0 Å². The molecule has 9 heteroatoms. The number of allylic oxidation sites excluding steroid dienone is 1. The number of halogens is 6. The number of rotatable bonds is 6. The van der Waals surface area contributed by atoms with Crippen molar-refractivity contribution in [2.45, 2.75) is 95.9 Å². The first kappa shape index (κ1) is 24.8. The molecule has 1 unspecified atom stereocenters. The molecular weight excluding hydrogens is 438 g/mol. The molecule has 0 aliphatic heterocycles. The van der Waals surface area contributed by atoms with Crippen molar-refractivity contribution in [1.82, 2.24) is 0 Å². The van der Waals surface area contributed by atoms with Crippen molar-refractivity contribution in [3.05, 3.63) is 12.2 Å². The van der Waals surface area contributed by atoms with Gasteiger partial charge in [0.05, 0.1) is 0 Å². The average Bonchev–Trinajstić information content (AvgIpc) is 3.25. The lowest BCUT2D eigenvalue weighted by molar-refractivity contribution is -0.340. The molecule has 31 heavy (non-hydrogen) atoms.